The lowest BCUT2D eigenvalue weighted by atomic mass is 10.0. The Morgan fingerprint density at radius 3 is 2.60 bits per heavy atom. The molecule has 0 unspecified atom stereocenters. The lowest BCUT2D eigenvalue weighted by Crippen LogP contribution is -1.96. The van der Waals surface area contributed by atoms with Gasteiger partial charge in [-0.25, -0.2) is 0 Å². The molecule has 0 aromatic heterocycles. The number of rotatable bonds is 3. The highest BCUT2D eigenvalue weighted by atomic mass is 16.5. The fourth-order valence-corrected chi connectivity index (χ4v) is 1.71. The van der Waals surface area contributed by atoms with E-state index in [0.29, 0.717) is 0 Å². The number of benzene rings is 2. The fraction of sp³-hybridized carbons (Fsp3) is 0.214. The van der Waals surface area contributed by atoms with Gasteiger partial charge in [0.1, 0.15) is 5.75 Å². The molecule has 0 bridgehead atoms. The summed E-state index contributed by atoms with van der Waals surface area (Å²) in [6, 6.07) is 12.2. The highest BCUT2D eigenvalue weighted by Crippen LogP contribution is 2.28. The average Bonchev–Trinajstić information content (AvgIpc) is 2.26. The molecule has 0 aliphatic rings. The Morgan fingerprint density at radius 2 is 1.87 bits per heavy atom. The largest absolute Gasteiger partial charge is 0.493 e. The van der Waals surface area contributed by atoms with E-state index in [1.54, 1.807) is 0 Å². The van der Waals surface area contributed by atoms with Crippen LogP contribution in [0, 0.1) is 6.92 Å². The van der Waals surface area contributed by atoms with Crippen molar-refractivity contribution in [2.45, 2.75) is 13.3 Å². The minimum atomic E-state index is 0.757. The first-order valence-corrected chi connectivity index (χ1v) is 5.29. The van der Waals surface area contributed by atoms with Gasteiger partial charge >= 0.3 is 0 Å². The van der Waals surface area contributed by atoms with E-state index in [1.807, 2.05) is 24.3 Å². The first-order valence-electron chi connectivity index (χ1n) is 5.29. The second-order valence-electron chi connectivity index (χ2n) is 3.62. The molecule has 2 aromatic carbocycles. The van der Waals surface area contributed by atoms with Gasteiger partial charge in [0, 0.05) is 5.39 Å². The number of fused-ring (bicyclic) bond motifs is 1. The molecule has 1 heteroatoms. The molecule has 0 spiro atoms. The van der Waals surface area contributed by atoms with Crippen molar-refractivity contribution in [1.82, 2.24) is 0 Å². The zero-order chi connectivity index (χ0) is 10.7. The number of hydrogen-bond acceptors (Lipinski definition) is 1. The van der Waals surface area contributed by atoms with Crippen molar-refractivity contribution in [2.75, 3.05) is 6.61 Å². The van der Waals surface area contributed by atoms with E-state index in [1.165, 1.54) is 5.39 Å². The summed E-state index contributed by atoms with van der Waals surface area (Å²) in [6.45, 7) is 6.90. The topological polar surface area (TPSA) is 9.23 Å². The molecule has 0 saturated carbocycles. The quantitative estimate of drug-likeness (QED) is 0.730. The third kappa shape index (κ3) is 1.96. The first kappa shape index (κ1) is 10.0. The van der Waals surface area contributed by atoms with Crippen LogP contribution in [0.1, 0.15) is 18.9 Å². The van der Waals surface area contributed by atoms with Gasteiger partial charge in [0.2, 0.25) is 0 Å². The Kier molecular flexibility index (Phi) is 2.91. The van der Waals surface area contributed by atoms with Crippen molar-refractivity contribution in [1.29, 1.82) is 0 Å². The first-order chi connectivity index (χ1) is 7.33. The normalized spacial score (nSPS) is 10.5. The molecule has 0 aliphatic carbocycles. The van der Waals surface area contributed by atoms with E-state index in [-0.39, 0.29) is 0 Å². The fourth-order valence-electron chi connectivity index (χ4n) is 1.71. The Balaban J connectivity index is 2.53. The zero-order valence-corrected chi connectivity index (χ0v) is 8.99. The summed E-state index contributed by atoms with van der Waals surface area (Å²) in [7, 11) is 0. The molecule has 1 nitrogen and oxygen atoms in total. The Morgan fingerprint density at radius 1 is 1.13 bits per heavy atom. The minimum Gasteiger partial charge on any atom is -0.493 e. The third-order valence-corrected chi connectivity index (χ3v) is 2.41. The van der Waals surface area contributed by atoms with Crippen molar-refractivity contribution in [3.05, 3.63) is 48.9 Å². The van der Waals surface area contributed by atoms with E-state index < -0.39 is 0 Å². The SMILES string of the molecule is [CH2]c1cccc2cccc(OCCC)c12. The van der Waals surface area contributed by atoms with Crippen LogP contribution in [0.2, 0.25) is 0 Å². The predicted molar refractivity (Wildman–Crippen MR) is 64.2 cm³/mol. The molecule has 2 aromatic rings. The summed E-state index contributed by atoms with van der Waals surface area (Å²) in [6.07, 6.45) is 1.02. The van der Waals surface area contributed by atoms with E-state index >= 15 is 0 Å². The van der Waals surface area contributed by atoms with Crippen LogP contribution in [-0.4, -0.2) is 6.61 Å². The van der Waals surface area contributed by atoms with Crippen molar-refractivity contribution in [2.24, 2.45) is 0 Å². The van der Waals surface area contributed by atoms with E-state index in [9.17, 15) is 0 Å². The van der Waals surface area contributed by atoms with Gasteiger partial charge in [0.25, 0.3) is 0 Å². The molecule has 0 fully saturated rings. The van der Waals surface area contributed by atoms with Gasteiger partial charge < -0.3 is 4.74 Å². The van der Waals surface area contributed by atoms with Crippen molar-refractivity contribution in [3.8, 4) is 5.75 Å². The van der Waals surface area contributed by atoms with Gasteiger partial charge in [-0.3, -0.25) is 0 Å². The molecule has 1 radical (unpaired) electrons. The maximum atomic E-state index is 5.71. The third-order valence-electron chi connectivity index (χ3n) is 2.41. The molecule has 0 atom stereocenters. The highest BCUT2D eigenvalue weighted by Gasteiger charge is 2.03. The van der Waals surface area contributed by atoms with Crippen molar-refractivity contribution >= 4 is 10.8 Å². The van der Waals surface area contributed by atoms with Gasteiger partial charge in [-0.2, -0.15) is 0 Å². The Labute approximate surface area is 90.7 Å². The van der Waals surface area contributed by atoms with Crippen LogP contribution >= 0.6 is 0 Å². The second-order valence-corrected chi connectivity index (χ2v) is 3.62. The Bertz CT molecular complexity index is 455. The maximum absolute atomic E-state index is 5.71. The van der Waals surface area contributed by atoms with Crippen LogP contribution in [0.3, 0.4) is 0 Å². The lowest BCUT2D eigenvalue weighted by molar-refractivity contribution is 0.321. The average molecular weight is 199 g/mol. The van der Waals surface area contributed by atoms with Gasteiger partial charge in [0.05, 0.1) is 6.61 Å². The summed E-state index contributed by atoms with van der Waals surface area (Å²) >= 11 is 0. The van der Waals surface area contributed by atoms with Crippen LogP contribution in [0.25, 0.3) is 10.8 Å². The summed E-state index contributed by atoms with van der Waals surface area (Å²) in [4.78, 5) is 0. The summed E-state index contributed by atoms with van der Waals surface area (Å²) < 4.78 is 5.71. The summed E-state index contributed by atoms with van der Waals surface area (Å²) in [5, 5.41) is 2.32. The van der Waals surface area contributed by atoms with E-state index in [4.69, 9.17) is 4.74 Å². The van der Waals surface area contributed by atoms with Crippen LogP contribution in [-0.2, 0) is 0 Å². The molecular weight excluding hydrogens is 184 g/mol. The molecule has 0 aliphatic heterocycles. The van der Waals surface area contributed by atoms with Gasteiger partial charge in [-0.05, 0) is 30.4 Å². The van der Waals surface area contributed by atoms with Gasteiger partial charge in [-0.15, -0.1) is 0 Å². The van der Waals surface area contributed by atoms with Crippen LogP contribution in [0.15, 0.2) is 36.4 Å². The molecule has 0 heterocycles. The minimum absolute atomic E-state index is 0.757. The van der Waals surface area contributed by atoms with Crippen LogP contribution in [0.4, 0.5) is 0 Å². The standard InChI is InChI=1S/C14H15O/c1-3-10-15-13-9-5-8-12-7-4-6-11(2)14(12)13/h4-9H,2-3,10H2,1H3. The monoisotopic (exact) mass is 199 g/mol. The van der Waals surface area contributed by atoms with E-state index in [0.717, 1.165) is 29.7 Å². The molecule has 0 saturated heterocycles. The molecule has 0 amide bonds. The predicted octanol–water partition coefficient (Wildman–Crippen LogP) is 3.81. The van der Waals surface area contributed by atoms with Crippen molar-refractivity contribution in [3.63, 3.8) is 0 Å². The molecule has 15 heavy (non-hydrogen) atoms. The van der Waals surface area contributed by atoms with Gasteiger partial charge in [0.15, 0.2) is 0 Å². The van der Waals surface area contributed by atoms with E-state index in [2.05, 4.69) is 26.0 Å². The Hall–Kier alpha value is -1.50. The summed E-state index contributed by atoms with van der Waals surface area (Å²) in [5.74, 6) is 0.944. The molecule has 77 valence electrons. The smallest absolute Gasteiger partial charge is 0.127 e. The zero-order valence-electron chi connectivity index (χ0n) is 8.99. The second kappa shape index (κ2) is 4.35. The lowest BCUT2D eigenvalue weighted by Gasteiger charge is -2.10. The maximum Gasteiger partial charge on any atom is 0.127 e. The highest BCUT2D eigenvalue weighted by molar-refractivity contribution is 5.91. The molecule has 2 rings (SSSR count). The molecular formula is C14H15O. The number of hydrogen-bond donors (Lipinski definition) is 0. The van der Waals surface area contributed by atoms with Gasteiger partial charge in [-0.1, -0.05) is 37.3 Å². The number of ether oxygens (including phenoxy) is 1. The summed E-state index contributed by atoms with van der Waals surface area (Å²) in [5.41, 5.74) is 1.03. The van der Waals surface area contributed by atoms with Crippen molar-refractivity contribution < 1.29 is 4.74 Å². The van der Waals surface area contributed by atoms with Crippen LogP contribution in [0.5, 0.6) is 5.75 Å². The molecule has 0 N–H and O–H groups in total. The van der Waals surface area contributed by atoms with Crippen LogP contribution < -0.4 is 4.74 Å².